The van der Waals surface area contributed by atoms with Crippen molar-refractivity contribution in [1.82, 2.24) is 15.3 Å². The zero-order chi connectivity index (χ0) is 29.2. The Morgan fingerprint density at radius 2 is 1.79 bits per heavy atom. The van der Waals surface area contributed by atoms with E-state index in [-0.39, 0.29) is 30.1 Å². The van der Waals surface area contributed by atoms with Crippen LogP contribution in [0.25, 0.3) is 22.4 Å². The second-order valence-corrected chi connectivity index (χ2v) is 11.1. The van der Waals surface area contributed by atoms with Crippen molar-refractivity contribution in [2.45, 2.75) is 25.7 Å². The molecule has 0 saturated heterocycles. The average molecular weight is 651 g/mol. The minimum absolute atomic E-state index is 0. The highest BCUT2D eigenvalue weighted by atomic mass is 35.5. The van der Waals surface area contributed by atoms with Crippen LogP contribution in [-0.2, 0) is 11.2 Å². The van der Waals surface area contributed by atoms with Crippen LogP contribution in [0.2, 0.25) is 0 Å². The monoisotopic (exact) mass is 649 g/mol. The number of nitrogens with one attached hydrogen (secondary N) is 4. The Bertz CT molecular complexity index is 1480. The van der Waals surface area contributed by atoms with Gasteiger partial charge in [-0.1, -0.05) is 12.1 Å². The second-order valence-electron chi connectivity index (χ2n) is 9.48. The van der Waals surface area contributed by atoms with Crippen molar-refractivity contribution in [3.05, 3.63) is 65.0 Å². The van der Waals surface area contributed by atoms with E-state index in [9.17, 15) is 9.59 Å². The van der Waals surface area contributed by atoms with E-state index >= 15 is 0 Å². The minimum atomic E-state index is -0.244. The molecule has 2 aromatic carbocycles. The number of hydrogen-bond donors (Lipinski definition) is 5. The maximum absolute atomic E-state index is 12.6. The van der Waals surface area contributed by atoms with Crippen LogP contribution in [0.5, 0.6) is 0 Å². The first kappa shape index (κ1) is 33.2. The van der Waals surface area contributed by atoms with E-state index in [1.54, 1.807) is 12.1 Å². The fourth-order valence-corrected chi connectivity index (χ4v) is 5.53. The third-order valence-electron chi connectivity index (χ3n) is 6.44. The van der Waals surface area contributed by atoms with Gasteiger partial charge in [0, 0.05) is 66.4 Å². The lowest BCUT2D eigenvalue weighted by Gasteiger charge is -2.23. The molecule has 4 rings (SSSR count). The molecule has 0 aliphatic heterocycles. The summed E-state index contributed by atoms with van der Waals surface area (Å²) in [6, 6.07) is 15.5. The molecular formula is C29H34Cl3N7O2S. The van der Waals surface area contributed by atoms with E-state index in [2.05, 4.69) is 49.8 Å². The zero-order valence-electron chi connectivity index (χ0n) is 22.9. The molecule has 2 heterocycles. The zero-order valence-corrected chi connectivity index (χ0v) is 26.1. The highest BCUT2D eigenvalue weighted by Gasteiger charge is 2.13. The first-order valence-electron chi connectivity index (χ1n) is 13.3. The molecule has 42 heavy (non-hydrogen) atoms. The molecule has 2 amide bonds. The number of rotatable bonds is 15. The maximum Gasteiger partial charge on any atom is 0.251 e. The van der Waals surface area contributed by atoms with Gasteiger partial charge in [-0.05, 0) is 54.8 Å². The Kier molecular flexibility index (Phi) is 12.9. The van der Waals surface area contributed by atoms with Crippen LogP contribution in [0.3, 0.4) is 0 Å². The Hall–Kier alpha value is -3.31. The van der Waals surface area contributed by atoms with Gasteiger partial charge in [0.05, 0.1) is 21.9 Å². The standard InChI is InChI=1S/C29H33Cl2N7O2S.ClH/c30-11-14-38(15-12-31)22-7-4-19(5-8-22)2-1-3-26(39)37-27-17-21(18-41-27)28-35-23-9-6-20(16-24(23)36-28)29(40)34-13-10-25(32)33;/h4-9,16-18H,1-3,10-15H2,(H3,32,33)(H,34,40)(H,35,36)(H,37,39);1H. The summed E-state index contributed by atoms with van der Waals surface area (Å²) in [7, 11) is 0. The number of alkyl halides is 2. The number of carbonyl (C=O) groups excluding carboxylic acids is 2. The van der Waals surface area contributed by atoms with Crippen molar-refractivity contribution in [1.29, 1.82) is 5.41 Å². The Morgan fingerprint density at radius 1 is 1.05 bits per heavy atom. The summed E-state index contributed by atoms with van der Waals surface area (Å²) < 4.78 is 0. The van der Waals surface area contributed by atoms with E-state index in [0.717, 1.165) is 47.7 Å². The van der Waals surface area contributed by atoms with Crippen LogP contribution in [-0.4, -0.2) is 59.0 Å². The Labute approximate surface area is 265 Å². The highest BCUT2D eigenvalue weighted by Crippen LogP contribution is 2.29. The number of anilines is 2. The number of amidine groups is 1. The van der Waals surface area contributed by atoms with Crippen molar-refractivity contribution in [2.75, 3.05) is 41.6 Å². The number of aryl methyl sites for hydroxylation is 1. The number of benzene rings is 2. The van der Waals surface area contributed by atoms with Gasteiger partial charge in [-0.3, -0.25) is 15.0 Å². The molecule has 9 nitrogen and oxygen atoms in total. The van der Waals surface area contributed by atoms with E-state index in [4.69, 9.17) is 34.3 Å². The molecule has 6 N–H and O–H groups in total. The first-order chi connectivity index (χ1) is 19.9. The molecule has 0 radical (unpaired) electrons. The fourth-order valence-electron chi connectivity index (χ4n) is 4.32. The molecule has 0 aliphatic rings. The summed E-state index contributed by atoms with van der Waals surface area (Å²) in [5, 5.41) is 15.7. The summed E-state index contributed by atoms with van der Waals surface area (Å²) in [6.45, 7) is 1.80. The SMILES string of the molecule is Cl.N=C(N)CCNC(=O)c1ccc2[nH]c(-c3csc(NC(=O)CCCc4ccc(N(CCCl)CCCl)cc4)c3)nc2c1. The van der Waals surface area contributed by atoms with Gasteiger partial charge in [0.15, 0.2) is 0 Å². The molecular weight excluding hydrogens is 617 g/mol. The number of imidazole rings is 1. The molecule has 0 atom stereocenters. The van der Waals surface area contributed by atoms with Crippen molar-refractivity contribution in [2.24, 2.45) is 5.73 Å². The summed E-state index contributed by atoms with van der Waals surface area (Å²) in [4.78, 5) is 35.0. The number of amides is 2. The Balaban J connectivity index is 0.00000484. The van der Waals surface area contributed by atoms with Crippen LogP contribution in [0.15, 0.2) is 53.9 Å². The van der Waals surface area contributed by atoms with Gasteiger partial charge in [-0.2, -0.15) is 0 Å². The van der Waals surface area contributed by atoms with Gasteiger partial charge in [0.25, 0.3) is 5.91 Å². The lowest BCUT2D eigenvalue weighted by Crippen LogP contribution is -2.27. The number of fused-ring (bicyclic) bond motifs is 1. The van der Waals surface area contributed by atoms with Crippen LogP contribution < -0.4 is 21.3 Å². The second kappa shape index (κ2) is 16.4. The normalized spacial score (nSPS) is 10.7. The number of nitrogens with zero attached hydrogens (tertiary/aromatic N) is 2. The fraction of sp³-hybridized carbons (Fsp3) is 0.310. The lowest BCUT2D eigenvalue weighted by atomic mass is 10.1. The quantitative estimate of drug-likeness (QED) is 0.0609. The highest BCUT2D eigenvalue weighted by molar-refractivity contribution is 7.14. The molecule has 4 aromatic rings. The molecule has 0 saturated carbocycles. The van der Waals surface area contributed by atoms with Crippen molar-refractivity contribution >= 4 is 86.3 Å². The van der Waals surface area contributed by atoms with Crippen LogP contribution in [0.1, 0.15) is 35.2 Å². The van der Waals surface area contributed by atoms with Gasteiger partial charge < -0.3 is 26.3 Å². The number of halogens is 3. The van der Waals surface area contributed by atoms with Gasteiger partial charge in [-0.15, -0.1) is 46.9 Å². The van der Waals surface area contributed by atoms with E-state index in [1.807, 2.05) is 17.5 Å². The van der Waals surface area contributed by atoms with E-state index < -0.39 is 0 Å². The number of H-pyrrole nitrogens is 1. The van der Waals surface area contributed by atoms with E-state index in [0.29, 0.717) is 48.1 Å². The molecule has 0 unspecified atom stereocenters. The number of carbonyl (C=O) groups is 2. The largest absolute Gasteiger partial charge is 0.388 e. The van der Waals surface area contributed by atoms with Gasteiger partial charge in [0.1, 0.15) is 5.82 Å². The van der Waals surface area contributed by atoms with Crippen molar-refractivity contribution in [3.63, 3.8) is 0 Å². The van der Waals surface area contributed by atoms with Crippen molar-refractivity contribution in [3.8, 4) is 11.4 Å². The number of thiophene rings is 1. The third kappa shape index (κ3) is 9.35. The lowest BCUT2D eigenvalue weighted by molar-refractivity contribution is -0.116. The molecule has 0 fully saturated rings. The predicted molar refractivity (Wildman–Crippen MR) is 177 cm³/mol. The Morgan fingerprint density at radius 3 is 2.48 bits per heavy atom. The number of aromatic nitrogens is 2. The van der Waals surface area contributed by atoms with Gasteiger partial charge in [0.2, 0.25) is 5.91 Å². The van der Waals surface area contributed by atoms with Gasteiger partial charge in [-0.25, -0.2) is 4.98 Å². The molecule has 224 valence electrons. The maximum atomic E-state index is 12.6. The number of aromatic amines is 1. The van der Waals surface area contributed by atoms with Crippen LogP contribution >= 0.6 is 46.9 Å². The van der Waals surface area contributed by atoms with Crippen molar-refractivity contribution < 1.29 is 9.59 Å². The van der Waals surface area contributed by atoms with Crippen LogP contribution in [0, 0.1) is 5.41 Å². The minimum Gasteiger partial charge on any atom is -0.388 e. The summed E-state index contributed by atoms with van der Waals surface area (Å²) >= 11 is 13.3. The topological polar surface area (TPSA) is 140 Å². The first-order valence-corrected chi connectivity index (χ1v) is 15.3. The van der Waals surface area contributed by atoms with Gasteiger partial charge >= 0.3 is 0 Å². The molecule has 0 spiro atoms. The predicted octanol–water partition coefficient (Wildman–Crippen LogP) is 6.01. The molecule has 0 bridgehead atoms. The summed E-state index contributed by atoms with van der Waals surface area (Å²) in [6.07, 6.45) is 2.27. The smallest absolute Gasteiger partial charge is 0.251 e. The summed E-state index contributed by atoms with van der Waals surface area (Å²) in [5.41, 5.74) is 10.4. The van der Waals surface area contributed by atoms with Crippen LogP contribution in [0.4, 0.5) is 10.7 Å². The average Bonchev–Trinajstić information content (AvgIpc) is 3.59. The number of nitrogens with two attached hydrogens (primary N) is 1. The molecule has 2 aromatic heterocycles. The third-order valence-corrected chi connectivity index (χ3v) is 7.62. The summed E-state index contributed by atoms with van der Waals surface area (Å²) in [5.74, 6) is 1.50. The molecule has 0 aliphatic carbocycles. The van der Waals surface area contributed by atoms with E-state index in [1.165, 1.54) is 16.9 Å². The molecule has 13 heteroatoms. The number of hydrogen-bond acceptors (Lipinski definition) is 6.